The summed E-state index contributed by atoms with van der Waals surface area (Å²) < 4.78 is 29.6. The first-order valence-corrected chi connectivity index (χ1v) is 15.1. The lowest BCUT2D eigenvalue weighted by Crippen LogP contribution is -2.31. The summed E-state index contributed by atoms with van der Waals surface area (Å²) in [6.45, 7) is 19.4. The van der Waals surface area contributed by atoms with E-state index in [0.29, 0.717) is 18.4 Å². The average Bonchev–Trinajstić information content (AvgIpc) is 2.91. The normalized spacial score (nSPS) is 11.8. The van der Waals surface area contributed by atoms with Gasteiger partial charge in [-0.05, 0) is 53.9 Å². The Kier molecular flexibility index (Phi) is 23.2. The predicted molar refractivity (Wildman–Crippen MR) is 154 cm³/mol. The van der Waals surface area contributed by atoms with E-state index in [1.165, 1.54) is 6.92 Å². The van der Waals surface area contributed by atoms with E-state index in [1.807, 2.05) is 27.7 Å². The van der Waals surface area contributed by atoms with Crippen LogP contribution in [0.1, 0.15) is 81.6 Å². The summed E-state index contributed by atoms with van der Waals surface area (Å²) in [6, 6.07) is 0. The van der Waals surface area contributed by atoms with E-state index < -0.39 is 36.1 Å². The molecule has 0 aromatic rings. The van der Waals surface area contributed by atoms with E-state index in [2.05, 4.69) is 11.9 Å². The molecule has 1 unspecified atom stereocenters. The summed E-state index contributed by atoms with van der Waals surface area (Å²) >= 11 is 0. The van der Waals surface area contributed by atoms with Crippen LogP contribution in [0.4, 0.5) is 4.79 Å². The smallest absolute Gasteiger partial charge is 0.407 e. The highest BCUT2D eigenvalue weighted by Gasteiger charge is 2.27. The number of esters is 3. The highest BCUT2D eigenvalue weighted by Crippen LogP contribution is 2.42. The maximum Gasteiger partial charge on any atom is 0.407 e. The Balaban J connectivity index is -0.000000627. The third-order valence-corrected chi connectivity index (χ3v) is 7.38. The van der Waals surface area contributed by atoms with Crippen LogP contribution in [-0.4, -0.2) is 84.1 Å². The topological polar surface area (TPSA) is 195 Å². The van der Waals surface area contributed by atoms with Gasteiger partial charge in [0.15, 0.2) is 0 Å². The first-order chi connectivity index (χ1) is 18.7. The van der Waals surface area contributed by atoms with E-state index in [1.54, 1.807) is 27.7 Å². The van der Waals surface area contributed by atoms with Crippen molar-refractivity contribution in [2.75, 3.05) is 39.6 Å². The summed E-state index contributed by atoms with van der Waals surface area (Å²) in [5, 5.41) is 10.8. The third-order valence-electron chi connectivity index (χ3n) is 5.87. The molecule has 0 radical (unpaired) electrons. The van der Waals surface area contributed by atoms with Crippen LogP contribution >= 0.6 is 7.60 Å². The van der Waals surface area contributed by atoms with Crippen molar-refractivity contribution < 1.29 is 57.6 Å². The molecule has 41 heavy (non-hydrogen) atoms. The fourth-order valence-corrected chi connectivity index (χ4v) is 2.27. The standard InChI is InChI=1S/C15H25NO6.C8H16O3.C4H11O3P/c1-6-15(4,5)13(18)21-9-10-22-14(19)16-7-8-20-12(17)11(2)3;1-4-8(2,3)7(10)11-6-5-9;1-3-4(2)8(5,6)7/h2,6-10H2,1,3-5H3,(H,16,19);9H,4-6H2,1-3H3;4H,3H2,1-2H3,(H2,5,6,7). The number of ether oxygens (including phenoxy) is 4. The summed E-state index contributed by atoms with van der Waals surface area (Å²) in [7, 11) is -3.76. The molecule has 1 atom stereocenters. The molecular formula is C27H52NO12P. The molecule has 0 aliphatic heterocycles. The third kappa shape index (κ3) is 22.9. The average molecular weight is 614 g/mol. The molecule has 0 rings (SSSR count). The molecule has 0 bridgehead atoms. The van der Waals surface area contributed by atoms with E-state index in [4.69, 9.17) is 33.8 Å². The van der Waals surface area contributed by atoms with Crippen LogP contribution in [0.3, 0.4) is 0 Å². The monoisotopic (exact) mass is 613 g/mol. The number of carbonyl (C=O) groups is 4. The zero-order valence-electron chi connectivity index (χ0n) is 26.1. The lowest BCUT2D eigenvalue weighted by molar-refractivity contribution is -0.155. The lowest BCUT2D eigenvalue weighted by atomic mass is 9.91. The Morgan fingerprint density at radius 1 is 0.829 bits per heavy atom. The minimum Gasteiger partial charge on any atom is -0.463 e. The van der Waals surface area contributed by atoms with Crippen molar-refractivity contribution in [2.45, 2.75) is 87.2 Å². The maximum atomic E-state index is 11.6. The van der Waals surface area contributed by atoms with Crippen LogP contribution in [-0.2, 0) is 37.9 Å². The van der Waals surface area contributed by atoms with Gasteiger partial charge in [-0.3, -0.25) is 14.2 Å². The number of hydrogen-bond acceptors (Lipinski definition) is 10. The maximum absolute atomic E-state index is 11.6. The lowest BCUT2D eigenvalue weighted by Gasteiger charge is -2.20. The Labute approximate surface area is 244 Å². The van der Waals surface area contributed by atoms with Gasteiger partial charge in [0.1, 0.15) is 26.4 Å². The van der Waals surface area contributed by atoms with Crippen LogP contribution in [0.15, 0.2) is 12.2 Å². The van der Waals surface area contributed by atoms with Crippen molar-refractivity contribution in [3.8, 4) is 0 Å². The number of amides is 1. The Morgan fingerprint density at radius 3 is 1.61 bits per heavy atom. The molecule has 0 heterocycles. The summed E-state index contributed by atoms with van der Waals surface area (Å²) in [5.74, 6) is -1.08. The summed E-state index contributed by atoms with van der Waals surface area (Å²) in [6.07, 6.45) is 1.27. The van der Waals surface area contributed by atoms with Crippen LogP contribution < -0.4 is 5.32 Å². The molecule has 14 heteroatoms. The van der Waals surface area contributed by atoms with Gasteiger partial charge in [-0.25, -0.2) is 9.59 Å². The van der Waals surface area contributed by atoms with Gasteiger partial charge in [-0.15, -0.1) is 0 Å². The van der Waals surface area contributed by atoms with Crippen LogP contribution in [0.25, 0.3) is 0 Å². The van der Waals surface area contributed by atoms with E-state index in [9.17, 15) is 23.7 Å². The largest absolute Gasteiger partial charge is 0.463 e. The molecule has 0 aromatic carbocycles. The Morgan fingerprint density at radius 2 is 1.27 bits per heavy atom. The number of carbonyl (C=O) groups excluding carboxylic acids is 4. The van der Waals surface area contributed by atoms with Crippen molar-refractivity contribution in [3.05, 3.63) is 12.2 Å². The fraction of sp³-hybridized carbons (Fsp3) is 0.778. The Hall–Kier alpha value is -2.47. The summed E-state index contributed by atoms with van der Waals surface area (Å²) in [5.41, 5.74) is -1.16. The number of nitrogens with one attached hydrogen (secondary N) is 1. The molecule has 0 saturated carbocycles. The Bertz CT molecular complexity index is 851. The molecule has 0 spiro atoms. The van der Waals surface area contributed by atoms with Crippen molar-refractivity contribution in [3.63, 3.8) is 0 Å². The zero-order valence-corrected chi connectivity index (χ0v) is 27.0. The molecule has 0 saturated heterocycles. The zero-order chi connectivity index (χ0) is 32.9. The van der Waals surface area contributed by atoms with Crippen LogP contribution in [0, 0.1) is 10.8 Å². The van der Waals surface area contributed by atoms with E-state index in [0.717, 1.165) is 6.42 Å². The van der Waals surface area contributed by atoms with E-state index in [-0.39, 0.29) is 51.5 Å². The molecule has 0 aliphatic rings. The molecule has 0 aromatic heterocycles. The van der Waals surface area contributed by atoms with Gasteiger partial charge in [0.2, 0.25) is 0 Å². The van der Waals surface area contributed by atoms with Gasteiger partial charge < -0.3 is 39.2 Å². The predicted octanol–water partition coefficient (Wildman–Crippen LogP) is 3.73. The quantitative estimate of drug-likeness (QED) is 0.0688. The molecule has 0 aliphatic carbocycles. The minimum absolute atomic E-state index is 0.000325. The minimum atomic E-state index is -3.76. The van der Waals surface area contributed by atoms with Gasteiger partial charge in [0.05, 0.1) is 29.6 Å². The second-order valence-electron chi connectivity index (χ2n) is 10.3. The van der Waals surface area contributed by atoms with Crippen molar-refractivity contribution >= 4 is 31.6 Å². The molecule has 0 fully saturated rings. The van der Waals surface area contributed by atoms with Gasteiger partial charge in [-0.1, -0.05) is 34.3 Å². The van der Waals surface area contributed by atoms with Crippen LogP contribution in [0.5, 0.6) is 0 Å². The van der Waals surface area contributed by atoms with Gasteiger partial charge in [0.25, 0.3) is 0 Å². The first-order valence-electron chi connectivity index (χ1n) is 13.5. The number of rotatable bonds is 15. The van der Waals surface area contributed by atoms with Gasteiger partial charge in [0, 0.05) is 5.57 Å². The van der Waals surface area contributed by atoms with Crippen molar-refractivity contribution in [2.24, 2.45) is 10.8 Å². The number of aliphatic hydroxyl groups excluding tert-OH is 1. The molecule has 242 valence electrons. The van der Waals surface area contributed by atoms with Gasteiger partial charge >= 0.3 is 31.6 Å². The van der Waals surface area contributed by atoms with Crippen LogP contribution in [0.2, 0.25) is 0 Å². The van der Waals surface area contributed by atoms with Gasteiger partial charge in [-0.2, -0.15) is 0 Å². The first kappa shape index (κ1) is 43.0. The SMILES string of the molecule is C=C(C)C(=O)OCCNC(=O)OCCOC(=O)C(C)(C)CC.CCC(C)(C)C(=O)OCCO.CCC(C)P(=O)(O)O. The highest BCUT2D eigenvalue weighted by molar-refractivity contribution is 7.52. The molecule has 1 amide bonds. The molecule has 4 N–H and O–H groups in total. The number of hydrogen-bond donors (Lipinski definition) is 4. The molecular weight excluding hydrogens is 561 g/mol. The number of aliphatic hydroxyl groups is 1. The fourth-order valence-electron chi connectivity index (χ4n) is 1.80. The summed E-state index contributed by atoms with van der Waals surface area (Å²) in [4.78, 5) is 61.9. The highest BCUT2D eigenvalue weighted by atomic mass is 31.2. The second kappa shape index (κ2) is 22.2. The second-order valence-corrected chi connectivity index (χ2v) is 12.4. The molecule has 13 nitrogen and oxygen atoms in total. The van der Waals surface area contributed by atoms with Crippen molar-refractivity contribution in [1.82, 2.24) is 5.32 Å². The van der Waals surface area contributed by atoms with E-state index >= 15 is 0 Å². The van der Waals surface area contributed by atoms with Crippen molar-refractivity contribution in [1.29, 1.82) is 0 Å². The number of alkyl carbamates (subject to hydrolysis) is 1.